The number of thiazole rings is 1. The molecule has 0 radical (unpaired) electrons. The topological polar surface area (TPSA) is 135 Å². The number of aryl methyl sites for hydroxylation is 1. The molecule has 0 unspecified atom stereocenters. The second-order valence-electron chi connectivity index (χ2n) is 9.74. The number of nitro groups is 1. The van der Waals surface area contributed by atoms with Gasteiger partial charge >= 0.3 is 5.97 Å². The predicted octanol–water partition coefficient (Wildman–Crippen LogP) is 5.44. The molecule has 44 heavy (non-hydrogen) atoms. The first kappa shape index (κ1) is 31.0. The van der Waals surface area contributed by atoms with Gasteiger partial charge in [-0.05, 0) is 69.2 Å². The van der Waals surface area contributed by atoms with Crippen LogP contribution in [-0.4, -0.2) is 35.8 Å². The van der Waals surface area contributed by atoms with Crippen LogP contribution in [0.15, 0.2) is 72.4 Å². The number of methoxy groups -OCH3 is 1. The lowest BCUT2D eigenvalue weighted by atomic mass is 9.95. The Balaban J connectivity index is 1.68. The highest BCUT2D eigenvalue weighted by Gasteiger charge is 2.35. The van der Waals surface area contributed by atoms with Gasteiger partial charge in [-0.1, -0.05) is 33.3 Å². The van der Waals surface area contributed by atoms with Crippen molar-refractivity contribution in [3.05, 3.63) is 105 Å². The summed E-state index contributed by atoms with van der Waals surface area (Å²) in [5.74, 6) is 0.946. The molecule has 1 aliphatic rings. The summed E-state index contributed by atoms with van der Waals surface area (Å²) in [6.07, 6.45) is 1.56. The Hall–Kier alpha value is -4.49. The van der Waals surface area contributed by atoms with E-state index in [0.717, 1.165) is 16.9 Å². The number of furan rings is 1. The molecule has 228 valence electrons. The van der Waals surface area contributed by atoms with Gasteiger partial charge in [-0.2, -0.15) is 0 Å². The van der Waals surface area contributed by atoms with Crippen molar-refractivity contribution in [1.29, 1.82) is 0 Å². The lowest BCUT2D eigenvalue weighted by molar-refractivity contribution is -0.384. The summed E-state index contributed by atoms with van der Waals surface area (Å²) in [5, 5.41) is 11.7. The Labute approximate surface area is 264 Å². The third kappa shape index (κ3) is 5.72. The zero-order valence-electron chi connectivity index (χ0n) is 24.5. The summed E-state index contributed by atoms with van der Waals surface area (Å²) in [6.45, 7) is 7.58. The Morgan fingerprint density at radius 1 is 1.16 bits per heavy atom. The number of ether oxygens (including phenoxy) is 3. The normalized spacial score (nSPS) is 14.7. The lowest BCUT2D eigenvalue weighted by Gasteiger charge is -2.26. The number of benzene rings is 2. The van der Waals surface area contributed by atoms with E-state index in [1.165, 1.54) is 17.7 Å². The van der Waals surface area contributed by atoms with E-state index < -0.39 is 22.5 Å². The van der Waals surface area contributed by atoms with E-state index in [2.05, 4.69) is 20.9 Å². The van der Waals surface area contributed by atoms with E-state index in [0.29, 0.717) is 60.3 Å². The van der Waals surface area contributed by atoms with Crippen molar-refractivity contribution in [3.63, 3.8) is 0 Å². The summed E-state index contributed by atoms with van der Waals surface area (Å²) in [5.41, 5.74) is 1.78. The maximum atomic E-state index is 14.0. The molecule has 2 aromatic carbocycles. The van der Waals surface area contributed by atoms with Crippen LogP contribution in [0.25, 0.3) is 17.4 Å². The van der Waals surface area contributed by atoms with Crippen molar-refractivity contribution in [3.8, 4) is 22.8 Å². The highest BCUT2D eigenvalue weighted by molar-refractivity contribution is 9.10. The zero-order valence-corrected chi connectivity index (χ0v) is 26.9. The van der Waals surface area contributed by atoms with Crippen molar-refractivity contribution >= 4 is 45.0 Å². The standard InChI is InChI=1S/C31H28BrN3O8S/c1-6-41-25-15-21(32)20(14-24(25)40-5)28-27(30(37)42-7-2)17(4)33-31-34(28)29(36)26(44-31)13-18-9-11-23(43-18)19-10-8-16(3)12-22(19)35(38)39/h8-15,28H,6-7H2,1-5H3/b26-13+/t28-/m0/s1. The van der Waals surface area contributed by atoms with E-state index in [4.69, 9.17) is 18.6 Å². The highest BCUT2D eigenvalue weighted by atomic mass is 79.9. The number of rotatable bonds is 9. The molecule has 1 atom stereocenters. The molecule has 0 aliphatic carbocycles. The maximum absolute atomic E-state index is 14.0. The van der Waals surface area contributed by atoms with Gasteiger partial charge in [-0.3, -0.25) is 19.5 Å². The minimum atomic E-state index is -0.895. The Morgan fingerprint density at radius 3 is 2.61 bits per heavy atom. The molecule has 4 aromatic rings. The summed E-state index contributed by atoms with van der Waals surface area (Å²) >= 11 is 4.74. The molecule has 13 heteroatoms. The van der Waals surface area contributed by atoms with Crippen LogP contribution in [0.5, 0.6) is 11.5 Å². The number of carbonyl (C=O) groups excluding carboxylic acids is 1. The van der Waals surface area contributed by atoms with Gasteiger partial charge in [0, 0.05) is 16.6 Å². The van der Waals surface area contributed by atoms with Crippen LogP contribution >= 0.6 is 27.3 Å². The van der Waals surface area contributed by atoms with Gasteiger partial charge in [-0.25, -0.2) is 9.79 Å². The number of aromatic nitrogens is 1. The van der Waals surface area contributed by atoms with Crippen LogP contribution in [0, 0.1) is 17.0 Å². The van der Waals surface area contributed by atoms with Gasteiger partial charge in [0.05, 0.1) is 52.7 Å². The van der Waals surface area contributed by atoms with Crippen LogP contribution in [0.3, 0.4) is 0 Å². The van der Waals surface area contributed by atoms with Gasteiger partial charge in [0.1, 0.15) is 11.5 Å². The average molecular weight is 683 g/mol. The van der Waals surface area contributed by atoms with E-state index in [1.807, 2.05) is 6.92 Å². The monoisotopic (exact) mass is 681 g/mol. The largest absolute Gasteiger partial charge is 0.493 e. The first-order valence-electron chi connectivity index (χ1n) is 13.6. The van der Waals surface area contributed by atoms with Crippen LogP contribution in [-0.2, 0) is 9.53 Å². The molecule has 0 amide bonds. The SMILES string of the molecule is CCOC(=O)C1=C(C)N=c2s/c(=C/c3ccc(-c4ccc(C)cc4[N+](=O)[O-])o3)c(=O)n2[C@H]1c1cc(OC)c(OCC)cc1Br. The molecule has 1 aliphatic heterocycles. The molecule has 0 saturated heterocycles. The summed E-state index contributed by atoms with van der Waals surface area (Å²) < 4.78 is 25.0. The third-order valence-corrected chi connectivity index (χ3v) is 8.58. The van der Waals surface area contributed by atoms with Gasteiger partial charge in [0.25, 0.3) is 11.2 Å². The minimum Gasteiger partial charge on any atom is -0.493 e. The fraction of sp³-hybridized carbons (Fsp3) is 0.258. The first-order chi connectivity index (χ1) is 21.1. The molecule has 0 saturated carbocycles. The lowest BCUT2D eigenvalue weighted by Crippen LogP contribution is -2.40. The quantitative estimate of drug-likeness (QED) is 0.129. The van der Waals surface area contributed by atoms with E-state index in [9.17, 15) is 19.7 Å². The summed E-state index contributed by atoms with van der Waals surface area (Å²) in [4.78, 5) is 43.5. The number of nitro benzene ring substituents is 1. The number of carbonyl (C=O) groups is 1. The zero-order chi connectivity index (χ0) is 31.7. The molecule has 3 heterocycles. The van der Waals surface area contributed by atoms with Gasteiger partial charge in [0.15, 0.2) is 16.3 Å². The molecule has 2 aromatic heterocycles. The molecule has 0 fully saturated rings. The van der Waals surface area contributed by atoms with Crippen molar-refractivity contribution < 1.29 is 28.3 Å². The predicted molar refractivity (Wildman–Crippen MR) is 168 cm³/mol. The number of allylic oxidation sites excluding steroid dienone is 1. The smallest absolute Gasteiger partial charge is 0.338 e. The van der Waals surface area contributed by atoms with Crippen molar-refractivity contribution in [2.24, 2.45) is 4.99 Å². The first-order valence-corrected chi connectivity index (χ1v) is 15.2. The average Bonchev–Trinajstić information content (AvgIpc) is 3.56. The van der Waals surface area contributed by atoms with Gasteiger partial charge in [0.2, 0.25) is 0 Å². The van der Waals surface area contributed by atoms with E-state index >= 15 is 0 Å². The Kier molecular flexibility index (Phi) is 8.88. The number of nitrogens with zero attached hydrogens (tertiary/aromatic N) is 3. The minimum absolute atomic E-state index is 0.0800. The fourth-order valence-electron chi connectivity index (χ4n) is 4.98. The van der Waals surface area contributed by atoms with Crippen LogP contribution in [0.1, 0.15) is 43.7 Å². The second-order valence-corrected chi connectivity index (χ2v) is 11.6. The fourth-order valence-corrected chi connectivity index (χ4v) is 6.55. The van der Waals surface area contributed by atoms with Crippen molar-refractivity contribution in [2.45, 2.75) is 33.7 Å². The molecular formula is C31H28BrN3O8S. The van der Waals surface area contributed by atoms with Crippen LogP contribution in [0.2, 0.25) is 0 Å². The number of fused-ring (bicyclic) bond motifs is 1. The van der Waals surface area contributed by atoms with E-state index in [-0.39, 0.29) is 17.9 Å². The number of halogens is 1. The summed E-state index contributed by atoms with van der Waals surface area (Å²) in [6, 6.07) is 10.7. The molecule has 5 rings (SSSR count). The highest BCUT2D eigenvalue weighted by Crippen LogP contribution is 2.41. The maximum Gasteiger partial charge on any atom is 0.338 e. The molecule has 0 spiro atoms. The molecule has 11 nitrogen and oxygen atoms in total. The summed E-state index contributed by atoms with van der Waals surface area (Å²) in [7, 11) is 1.51. The number of esters is 1. The molecule has 0 bridgehead atoms. The van der Waals surface area contributed by atoms with E-state index in [1.54, 1.807) is 63.2 Å². The second kappa shape index (κ2) is 12.6. The van der Waals surface area contributed by atoms with Crippen molar-refractivity contribution in [2.75, 3.05) is 20.3 Å². The van der Waals surface area contributed by atoms with Crippen molar-refractivity contribution in [1.82, 2.24) is 4.57 Å². The van der Waals surface area contributed by atoms with Crippen LogP contribution in [0.4, 0.5) is 5.69 Å². The Bertz CT molecular complexity index is 2010. The molecular weight excluding hydrogens is 654 g/mol. The number of hydrogen-bond acceptors (Lipinski definition) is 10. The van der Waals surface area contributed by atoms with Crippen LogP contribution < -0.4 is 24.4 Å². The van der Waals surface area contributed by atoms with Gasteiger partial charge in [-0.15, -0.1) is 0 Å². The molecule has 0 N–H and O–H groups in total. The third-order valence-electron chi connectivity index (χ3n) is 6.91. The number of hydrogen-bond donors (Lipinski definition) is 0. The van der Waals surface area contributed by atoms with Gasteiger partial charge < -0.3 is 18.6 Å². The Morgan fingerprint density at radius 2 is 1.93 bits per heavy atom.